The Morgan fingerprint density at radius 3 is 2.75 bits per heavy atom. The maximum Gasteiger partial charge on any atom is 0.0948 e. The third kappa shape index (κ3) is 2.14. The highest BCUT2D eigenvalue weighted by Gasteiger charge is 2.32. The van der Waals surface area contributed by atoms with Crippen LogP contribution in [0.2, 0.25) is 0 Å². The summed E-state index contributed by atoms with van der Waals surface area (Å²) >= 11 is 0. The fourth-order valence-electron chi connectivity index (χ4n) is 2.95. The highest BCUT2D eigenvalue weighted by molar-refractivity contribution is 5.04. The van der Waals surface area contributed by atoms with Gasteiger partial charge in [0, 0.05) is 18.8 Å². The number of nitrogens with two attached hydrogens (primary N) is 1. The molecule has 3 nitrogen and oxygen atoms in total. The van der Waals surface area contributed by atoms with Gasteiger partial charge in [0.1, 0.15) is 0 Å². The van der Waals surface area contributed by atoms with Crippen LogP contribution in [0, 0.1) is 5.41 Å². The molecule has 0 radical (unpaired) electrons. The molecule has 0 spiro atoms. The van der Waals surface area contributed by atoms with Gasteiger partial charge < -0.3 is 10.3 Å². The Morgan fingerprint density at radius 1 is 1.50 bits per heavy atom. The van der Waals surface area contributed by atoms with Crippen LogP contribution in [0.25, 0.3) is 0 Å². The predicted octanol–water partition coefficient (Wildman–Crippen LogP) is 2.87. The standard InChI is InChI=1S/C13H23N3/c1-3-13(6-4-5-7-13)9-16-10-15-8-12(16)11(2)14/h8,10-11H,3-7,9,14H2,1-2H3/t11-/m0/s1. The SMILES string of the molecule is CCC1(Cn2cncc2[C@H](C)N)CCCC1. The molecule has 1 heterocycles. The minimum absolute atomic E-state index is 0.0813. The molecule has 3 heteroatoms. The molecule has 0 aliphatic heterocycles. The number of aromatic nitrogens is 2. The Kier molecular flexibility index (Phi) is 3.33. The van der Waals surface area contributed by atoms with Crippen molar-refractivity contribution in [1.82, 2.24) is 9.55 Å². The lowest BCUT2D eigenvalue weighted by atomic mass is 9.83. The third-order valence-corrected chi connectivity index (χ3v) is 4.13. The summed E-state index contributed by atoms with van der Waals surface area (Å²) in [4.78, 5) is 4.23. The molecule has 1 saturated carbocycles. The first-order chi connectivity index (χ1) is 7.67. The zero-order chi connectivity index (χ0) is 11.6. The average molecular weight is 221 g/mol. The summed E-state index contributed by atoms with van der Waals surface area (Å²) < 4.78 is 2.26. The summed E-state index contributed by atoms with van der Waals surface area (Å²) in [5.41, 5.74) is 7.63. The Bertz CT molecular complexity index is 335. The van der Waals surface area contributed by atoms with Crippen molar-refractivity contribution in [3.63, 3.8) is 0 Å². The number of hydrogen-bond acceptors (Lipinski definition) is 2. The summed E-state index contributed by atoms with van der Waals surface area (Å²) in [5, 5.41) is 0. The van der Waals surface area contributed by atoms with E-state index >= 15 is 0 Å². The fraction of sp³-hybridized carbons (Fsp3) is 0.769. The van der Waals surface area contributed by atoms with Crippen molar-refractivity contribution in [3.8, 4) is 0 Å². The Hall–Kier alpha value is -0.830. The van der Waals surface area contributed by atoms with Crippen molar-refractivity contribution in [2.45, 2.75) is 58.5 Å². The quantitative estimate of drug-likeness (QED) is 0.849. The van der Waals surface area contributed by atoms with E-state index in [4.69, 9.17) is 5.73 Å². The van der Waals surface area contributed by atoms with Crippen molar-refractivity contribution >= 4 is 0 Å². The lowest BCUT2D eigenvalue weighted by molar-refractivity contribution is 0.234. The minimum Gasteiger partial charge on any atom is -0.333 e. The smallest absolute Gasteiger partial charge is 0.0948 e. The van der Waals surface area contributed by atoms with Crippen LogP contribution < -0.4 is 5.73 Å². The van der Waals surface area contributed by atoms with Crippen molar-refractivity contribution in [1.29, 1.82) is 0 Å². The van der Waals surface area contributed by atoms with Crippen LogP contribution in [0.4, 0.5) is 0 Å². The average Bonchev–Trinajstić information content (AvgIpc) is 2.88. The van der Waals surface area contributed by atoms with Crippen molar-refractivity contribution in [3.05, 3.63) is 18.2 Å². The van der Waals surface area contributed by atoms with Gasteiger partial charge in [0.2, 0.25) is 0 Å². The highest BCUT2D eigenvalue weighted by atomic mass is 15.1. The molecule has 1 aromatic heterocycles. The van der Waals surface area contributed by atoms with Crippen molar-refractivity contribution in [2.24, 2.45) is 11.1 Å². The predicted molar refractivity (Wildman–Crippen MR) is 66.0 cm³/mol. The van der Waals surface area contributed by atoms with Gasteiger partial charge in [0.15, 0.2) is 0 Å². The molecule has 0 amide bonds. The summed E-state index contributed by atoms with van der Waals surface area (Å²) in [6, 6.07) is 0.0813. The number of nitrogens with zero attached hydrogens (tertiary/aromatic N) is 2. The monoisotopic (exact) mass is 221 g/mol. The van der Waals surface area contributed by atoms with Gasteiger partial charge in [-0.25, -0.2) is 4.98 Å². The van der Waals surface area contributed by atoms with E-state index < -0.39 is 0 Å². The lowest BCUT2D eigenvalue weighted by Crippen LogP contribution is -2.24. The van der Waals surface area contributed by atoms with Gasteiger partial charge in [-0.15, -0.1) is 0 Å². The minimum atomic E-state index is 0.0813. The second kappa shape index (κ2) is 4.58. The summed E-state index contributed by atoms with van der Waals surface area (Å²) in [7, 11) is 0. The van der Waals surface area contributed by atoms with Gasteiger partial charge in [-0.1, -0.05) is 19.8 Å². The molecule has 1 atom stereocenters. The van der Waals surface area contributed by atoms with Crippen molar-refractivity contribution in [2.75, 3.05) is 0 Å². The van der Waals surface area contributed by atoms with Crippen LogP contribution in [0.15, 0.2) is 12.5 Å². The number of rotatable bonds is 4. The van der Waals surface area contributed by atoms with E-state index in [2.05, 4.69) is 16.5 Å². The maximum atomic E-state index is 5.96. The van der Waals surface area contributed by atoms with Crippen LogP contribution in [0.3, 0.4) is 0 Å². The second-order valence-corrected chi connectivity index (χ2v) is 5.30. The van der Waals surface area contributed by atoms with Crippen LogP contribution in [0.1, 0.15) is 57.7 Å². The fourth-order valence-corrected chi connectivity index (χ4v) is 2.95. The van der Waals surface area contributed by atoms with E-state index in [9.17, 15) is 0 Å². The molecule has 1 aliphatic carbocycles. The third-order valence-electron chi connectivity index (χ3n) is 4.13. The highest BCUT2D eigenvalue weighted by Crippen LogP contribution is 2.42. The zero-order valence-electron chi connectivity index (χ0n) is 10.4. The van der Waals surface area contributed by atoms with Gasteiger partial charge in [-0.2, -0.15) is 0 Å². The summed E-state index contributed by atoms with van der Waals surface area (Å²) in [6.07, 6.45) is 10.6. The molecule has 2 rings (SSSR count). The molecule has 1 aliphatic rings. The molecule has 16 heavy (non-hydrogen) atoms. The van der Waals surface area contributed by atoms with E-state index in [1.165, 1.54) is 37.8 Å². The van der Waals surface area contributed by atoms with Gasteiger partial charge in [0.25, 0.3) is 0 Å². The van der Waals surface area contributed by atoms with E-state index in [1.54, 1.807) is 0 Å². The Balaban J connectivity index is 2.16. The first-order valence-electron chi connectivity index (χ1n) is 6.42. The van der Waals surface area contributed by atoms with Gasteiger partial charge in [-0.05, 0) is 31.6 Å². The molecule has 0 aromatic carbocycles. The second-order valence-electron chi connectivity index (χ2n) is 5.30. The van der Waals surface area contributed by atoms with Crippen LogP contribution in [-0.4, -0.2) is 9.55 Å². The summed E-state index contributed by atoms with van der Waals surface area (Å²) in [5.74, 6) is 0. The molecule has 1 fully saturated rings. The van der Waals surface area contributed by atoms with Crippen molar-refractivity contribution < 1.29 is 0 Å². The van der Waals surface area contributed by atoms with Gasteiger partial charge >= 0.3 is 0 Å². The van der Waals surface area contributed by atoms with Crippen LogP contribution in [0.5, 0.6) is 0 Å². The topological polar surface area (TPSA) is 43.8 Å². The summed E-state index contributed by atoms with van der Waals surface area (Å²) in [6.45, 7) is 5.44. The molecule has 90 valence electrons. The Morgan fingerprint density at radius 2 is 2.19 bits per heavy atom. The number of hydrogen-bond donors (Lipinski definition) is 1. The first-order valence-corrected chi connectivity index (χ1v) is 6.42. The first kappa shape index (κ1) is 11.6. The molecule has 2 N–H and O–H groups in total. The molecule has 0 unspecified atom stereocenters. The van der Waals surface area contributed by atoms with Gasteiger partial charge in [-0.3, -0.25) is 0 Å². The Labute approximate surface area is 98.1 Å². The molecular formula is C13H23N3. The number of imidazole rings is 1. The molecule has 0 bridgehead atoms. The van der Waals surface area contributed by atoms with E-state index in [-0.39, 0.29) is 6.04 Å². The van der Waals surface area contributed by atoms with Crippen LogP contribution in [-0.2, 0) is 6.54 Å². The molecule has 0 saturated heterocycles. The molecular weight excluding hydrogens is 198 g/mol. The van der Waals surface area contributed by atoms with E-state index in [0.717, 1.165) is 6.54 Å². The zero-order valence-corrected chi connectivity index (χ0v) is 10.4. The normalized spacial score (nSPS) is 21.2. The lowest BCUT2D eigenvalue weighted by Gasteiger charge is -2.29. The van der Waals surface area contributed by atoms with Gasteiger partial charge in [0.05, 0.1) is 12.0 Å². The van der Waals surface area contributed by atoms with E-state index in [0.29, 0.717) is 5.41 Å². The van der Waals surface area contributed by atoms with E-state index in [1.807, 2.05) is 19.4 Å². The molecule has 1 aromatic rings. The van der Waals surface area contributed by atoms with Crippen LogP contribution >= 0.6 is 0 Å². The largest absolute Gasteiger partial charge is 0.333 e. The maximum absolute atomic E-state index is 5.96.